The third kappa shape index (κ3) is 4.48. The van der Waals surface area contributed by atoms with E-state index in [0.29, 0.717) is 0 Å². The molecule has 51 heavy (non-hydrogen) atoms. The van der Waals surface area contributed by atoms with E-state index in [4.69, 9.17) is 4.99 Å². The van der Waals surface area contributed by atoms with Crippen molar-refractivity contribution in [2.24, 2.45) is 10.9 Å². The van der Waals surface area contributed by atoms with Crippen molar-refractivity contribution in [2.45, 2.75) is 44.7 Å². The smallest absolute Gasteiger partial charge is 0.145 e. The highest BCUT2D eigenvalue weighted by Crippen LogP contribution is 2.58. The van der Waals surface area contributed by atoms with Crippen LogP contribution in [-0.2, 0) is 11.8 Å². The number of nitrogens with zero attached hydrogens (tertiary/aromatic N) is 1. The van der Waals surface area contributed by atoms with E-state index in [1.165, 1.54) is 71.7 Å². The number of fused-ring (bicyclic) bond motifs is 12. The Balaban J connectivity index is 1.21. The first-order valence-electron chi connectivity index (χ1n) is 18.2. The van der Waals surface area contributed by atoms with Crippen LogP contribution in [0.4, 0.5) is 0 Å². The molecule has 0 aromatic heterocycles. The fourth-order valence-corrected chi connectivity index (χ4v) is 9.57. The summed E-state index contributed by atoms with van der Waals surface area (Å²) in [5, 5.41) is 9.33. The molecule has 0 saturated carbocycles. The number of nitrogens with one attached hydrogen (secondary N) is 1. The minimum absolute atomic E-state index is 0.191. The van der Waals surface area contributed by atoms with Crippen LogP contribution in [0.2, 0.25) is 0 Å². The van der Waals surface area contributed by atoms with Crippen molar-refractivity contribution in [3.8, 4) is 22.3 Å². The Labute approximate surface area is 300 Å². The van der Waals surface area contributed by atoms with E-state index in [9.17, 15) is 0 Å². The van der Waals surface area contributed by atoms with Crippen molar-refractivity contribution in [3.05, 3.63) is 191 Å². The first-order valence-corrected chi connectivity index (χ1v) is 18.2. The van der Waals surface area contributed by atoms with Gasteiger partial charge in [-0.2, -0.15) is 0 Å². The third-order valence-electron chi connectivity index (χ3n) is 11.8. The first-order chi connectivity index (χ1) is 25.0. The summed E-state index contributed by atoms with van der Waals surface area (Å²) >= 11 is 0. The third-order valence-corrected chi connectivity index (χ3v) is 11.8. The van der Waals surface area contributed by atoms with Crippen LogP contribution in [0, 0.1) is 18.1 Å². The van der Waals surface area contributed by atoms with Crippen molar-refractivity contribution in [3.63, 3.8) is 0 Å². The van der Waals surface area contributed by atoms with E-state index in [2.05, 4.69) is 166 Å². The largest absolute Gasteiger partial charge is 0.363 e. The summed E-state index contributed by atoms with van der Waals surface area (Å²) in [6.45, 7) is 7.35. The standard InChI is InChI=1S/C49H38N2/c1-30-33-20-10-11-21-34(33)37-26-27-40-45-38-24-14-12-22-35(38)36-23-13-15-25-39(36)47(45)49(2,3)46(40)42(37)28-41(30)44-29-43(31-16-6-4-7-17-31)50-48(51-44)32-18-8-5-9-19-32/h4-6,8-16,18-27,29-30,41,48,51H,28H2,1-3H3. The average Bonchev–Trinajstić information content (AvgIpc) is 3.36. The fourth-order valence-electron chi connectivity index (χ4n) is 9.57. The van der Waals surface area contributed by atoms with Crippen LogP contribution in [0.3, 0.4) is 0 Å². The maximum absolute atomic E-state index is 5.25. The van der Waals surface area contributed by atoms with Crippen LogP contribution in [0.5, 0.6) is 0 Å². The predicted octanol–water partition coefficient (Wildman–Crippen LogP) is 11.5. The first kappa shape index (κ1) is 30.0. The molecule has 0 amide bonds. The van der Waals surface area contributed by atoms with E-state index in [1.807, 2.05) is 12.1 Å². The van der Waals surface area contributed by atoms with Gasteiger partial charge in [-0.1, -0.05) is 154 Å². The maximum atomic E-state index is 5.25. The Hall–Kier alpha value is -5.91. The van der Waals surface area contributed by atoms with Crippen LogP contribution in [0.25, 0.3) is 43.8 Å². The summed E-state index contributed by atoms with van der Waals surface area (Å²) in [6.07, 6.45) is 3.01. The quantitative estimate of drug-likeness (QED) is 0.188. The topological polar surface area (TPSA) is 24.4 Å². The van der Waals surface area contributed by atoms with Crippen LogP contribution in [0.1, 0.15) is 66.2 Å². The zero-order chi connectivity index (χ0) is 34.3. The molecule has 3 unspecified atom stereocenters. The van der Waals surface area contributed by atoms with Gasteiger partial charge in [0.15, 0.2) is 0 Å². The highest BCUT2D eigenvalue weighted by atomic mass is 15.1. The van der Waals surface area contributed by atoms with Gasteiger partial charge in [0.25, 0.3) is 0 Å². The zero-order valence-corrected chi connectivity index (χ0v) is 29.2. The van der Waals surface area contributed by atoms with E-state index in [0.717, 1.165) is 23.3 Å². The average molecular weight is 655 g/mol. The lowest BCUT2D eigenvalue weighted by Crippen LogP contribution is -2.32. The molecule has 1 heterocycles. The summed E-state index contributed by atoms with van der Waals surface area (Å²) in [5.74, 6) is 0.454. The maximum Gasteiger partial charge on any atom is 0.145 e. The van der Waals surface area contributed by atoms with Gasteiger partial charge in [-0.25, -0.2) is 0 Å². The van der Waals surface area contributed by atoms with Gasteiger partial charge in [-0.3, -0.25) is 4.99 Å². The van der Waals surface area contributed by atoms with Gasteiger partial charge in [0.2, 0.25) is 0 Å². The van der Waals surface area contributed by atoms with Crippen LogP contribution < -0.4 is 5.32 Å². The minimum Gasteiger partial charge on any atom is -0.363 e. The van der Waals surface area contributed by atoms with Gasteiger partial charge in [0.1, 0.15) is 6.17 Å². The van der Waals surface area contributed by atoms with Gasteiger partial charge in [-0.15, -0.1) is 0 Å². The highest BCUT2D eigenvalue weighted by molar-refractivity contribution is 6.18. The highest BCUT2D eigenvalue weighted by Gasteiger charge is 2.43. The van der Waals surface area contributed by atoms with Crippen molar-refractivity contribution < 1.29 is 0 Å². The Morgan fingerprint density at radius 2 is 1.35 bits per heavy atom. The second-order valence-electron chi connectivity index (χ2n) is 14.9. The van der Waals surface area contributed by atoms with E-state index >= 15 is 0 Å². The molecular formula is C49H38N2. The molecule has 1 N–H and O–H groups in total. The lowest BCUT2D eigenvalue weighted by atomic mass is 9.75. The molecule has 0 spiro atoms. The lowest BCUT2D eigenvalue weighted by Gasteiger charge is -2.33. The molecule has 7 aromatic rings. The molecule has 0 bridgehead atoms. The Bertz CT molecular complexity index is 2570. The second kappa shape index (κ2) is 11.3. The SMILES string of the molecule is CC1c2ccccc2-c2ccc3c(c2CC1C1=CC(c2c#cccc2)=NC(c2ccccc2)N1)C(C)(C)c1c-3c2ccccc2c2ccccc12. The van der Waals surface area contributed by atoms with Gasteiger partial charge >= 0.3 is 0 Å². The molecule has 10 rings (SSSR count). The van der Waals surface area contributed by atoms with Gasteiger partial charge in [-0.05, 0) is 102 Å². The molecule has 2 heteroatoms. The number of hydrogen-bond donors (Lipinski definition) is 1. The van der Waals surface area contributed by atoms with Crippen LogP contribution in [0.15, 0.2) is 150 Å². The number of aliphatic imine (C=N–C) groups is 1. The van der Waals surface area contributed by atoms with E-state index < -0.39 is 0 Å². The zero-order valence-electron chi connectivity index (χ0n) is 29.2. The summed E-state index contributed by atoms with van der Waals surface area (Å²) < 4.78 is 0. The van der Waals surface area contributed by atoms with Crippen molar-refractivity contribution in [2.75, 3.05) is 0 Å². The molecule has 7 aromatic carbocycles. The molecule has 0 fully saturated rings. The van der Waals surface area contributed by atoms with Crippen LogP contribution in [-0.4, -0.2) is 5.71 Å². The summed E-state index contributed by atoms with van der Waals surface area (Å²) in [7, 11) is 0. The van der Waals surface area contributed by atoms with Crippen molar-refractivity contribution in [1.29, 1.82) is 0 Å². The lowest BCUT2D eigenvalue weighted by molar-refractivity contribution is 0.451. The van der Waals surface area contributed by atoms with Crippen molar-refractivity contribution >= 4 is 27.3 Å². The Morgan fingerprint density at radius 1 is 0.667 bits per heavy atom. The number of rotatable bonds is 3. The molecule has 244 valence electrons. The number of hydrogen-bond acceptors (Lipinski definition) is 2. The van der Waals surface area contributed by atoms with Gasteiger partial charge in [0.05, 0.1) is 11.3 Å². The molecule has 0 saturated heterocycles. The Kier molecular flexibility index (Phi) is 6.64. The summed E-state index contributed by atoms with van der Waals surface area (Å²) in [5.41, 5.74) is 15.4. The summed E-state index contributed by atoms with van der Waals surface area (Å²) in [6, 6.07) is 55.2. The van der Waals surface area contributed by atoms with Crippen LogP contribution >= 0.6 is 0 Å². The molecule has 3 aliphatic rings. The monoisotopic (exact) mass is 654 g/mol. The van der Waals surface area contributed by atoms with Crippen molar-refractivity contribution in [1.82, 2.24) is 5.32 Å². The molecule has 0 radical (unpaired) electrons. The molecule has 3 atom stereocenters. The molecule has 2 nitrogen and oxygen atoms in total. The fraction of sp³-hybridized carbons (Fsp3) is 0.163. The molecular weight excluding hydrogens is 617 g/mol. The van der Waals surface area contributed by atoms with E-state index in [1.54, 1.807) is 0 Å². The van der Waals surface area contributed by atoms with Gasteiger partial charge in [0, 0.05) is 17.0 Å². The Morgan fingerprint density at radius 3 is 2.14 bits per heavy atom. The summed E-state index contributed by atoms with van der Waals surface area (Å²) in [4.78, 5) is 5.25. The van der Waals surface area contributed by atoms with E-state index in [-0.39, 0.29) is 23.4 Å². The minimum atomic E-state index is -0.199. The van der Waals surface area contributed by atoms with Gasteiger partial charge < -0.3 is 5.32 Å². The number of allylic oxidation sites excluding steroid dienone is 2. The normalized spacial score (nSPS) is 19.8. The number of benzene rings is 6. The molecule has 2 aliphatic carbocycles. The predicted molar refractivity (Wildman–Crippen MR) is 211 cm³/mol. The second-order valence-corrected chi connectivity index (χ2v) is 14.9. The molecule has 1 aliphatic heterocycles.